The topological polar surface area (TPSA) is 112 Å². The van der Waals surface area contributed by atoms with E-state index in [1.54, 1.807) is 0 Å². The summed E-state index contributed by atoms with van der Waals surface area (Å²) >= 11 is 0. The summed E-state index contributed by atoms with van der Waals surface area (Å²) in [4.78, 5) is 29.6. The summed E-state index contributed by atoms with van der Waals surface area (Å²) in [6.45, 7) is 0. The van der Waals surface area contributed by atoms with Crippen LogP contribution in [0.5, 0.6) is 0 Å². The molecule has 0 aromatic rings. The zero-order chi connectivity index (χ0) is 32.6. The molecule has 0 amide bonds. The Hall–Kier alpha value is -3.10. The Kier molecular flexibility index (Phi) is 16.5. The Balaban J connectivity index is -0.000000240. The molecule has 0 saturated heterocycles. The van der Waals surface area contributed by atoms with Gasteiger partial charge in [0, 0.05) is 35.6 Å². The second kappa shape index (κ2) is 15.1. The van der Waals surface area contributed by atoms with E-state index in [9.17, 15) is 93.4 Å². The van der Waals surface area contributed by atoms with Gasteiger partial charge < -0.3 is 15.3 Å². The van der Waals surface area contributed by atoms with Crippen molar-refractivity contribution in [1.29, 1.82) is 0 Å². The van der Waals surface area contributed by atoms with Gasteiger partial charge in [-0.05, 0) is 0 Å². The van der Waals surface area contributed by atoms with Gasteiger partial charge in [-0.25, -0.2) is 0 Å². The molecule has 0 atom stereocenters. The van der Waals surface area contributed by atoms with E-state index in [2.05, 4.69) is 0 Å². The van der Waals surface area contributed by atoms with Gasteiger partial charge in [0.25, 0.3) is 17.3 Å². The molecule has 0 fully saturated rings. The Morgan fingerprint density at radius 1 is 0.350 bits per heavy atom. The maximum atomic E-state index is 11.4. The fourth-order valence-electron chi connectivity index (χ4n) is 0.864. The molecule has 25 heteroatoms. The first-order chi connectivity index (χ1) is 16.6. The number of aliphatic hydroxyl groups excluding tert-OH is 3. The summed E-state index contributed by atoms with van der Waals surface area (Å²) in [5, 5.41) is 23.8. The SMILES string of the molecule is O=C(/C=C(/O)C(F)(F)F)C(F)(F)F.O=C(/C=C(/O)C(F)(F)F)C(F)(F)F.O=C(/C=C(\O)C(F)(F)F)C(F)(F)F.[Cr]. The summed E-state index contributed by atoms with van der Waals surface area (Å²) in [7, 11) is 0. The molecule has 0 radical (unpaired) electrons. The number of carbonyl (C=O) groups is 3. The summed E-state index contributed by atoms with van der Waals surface area (Å²) in [6, 6.07) is 0. The van der Waals surface area contributed by atoms with Crippen molar-refractivity contribution in [3.8, 4) is 0 Å². The predicted molar refractivity (Wildman–Crippen MR) is 83.5 cm³/mol. The number of hydrogen-bond acceptors (Lipinski definition) is 6. The minimum absolute atomic E-state index is 0. The van der Waals surface area contributed by atoms with Crippen LogP contribution in [0.4, 0.5) is 79.0 Å². The molecular weight excluding hydrogens is 670 g/mol. The van der Waals surface area contributed by atoms with Crippen molar-refractivity contribution in [2.75, 3.05) is 0 Å². The molecule has 6 nitrogen and oxygen atoms in total. The minimum Gasteiger partial charge on any atom is -0.504 e. The zero-order valence-corrected chi connectivity index (χ0v) is 18.8. The van der Waals surface area contributed by atoms with Crippen LogP contribution in [0.2, 0.25) is 0 Å². The van der Waals surface area contributed by atoms with Gasteiger partial charge in [-0.3, -0.25) is 14.4 Å². The van der Waals surface area contributed by atoms with Crippen LogP contribution >= 0.6 is 0 Å². The smallest absolute Gasteiger partial charge is 0.454 e. The van der Waals surface area contributed by atoms with Gasteiger partial charge in [-0.15, -0.1) is 0 Å². The number of alkyl halides is 18. The van der Waals surface area contributed by atoms with E-state index in [0.29, 0.717) is 0 Å². The largest absolute Gasteiger partial charge is 0.504 e. The van der Waals surface area contributed by atoms with Crippen molar-refractivity contribution < 1.29 is 126 Å². The molecule has 234 valence electrons. The van der Waals surface area contributed by atoms with Crippen LogP contribution in [0.25, 0.3) is 0 Å². The second-order valence-corrected chi connectivity index (χ2v) is 5.67. The molecular formula is C15H6CrF18O6. The number of carbonyl (C=O) groups excluding carboxylic acids is 3. The van der Waals surface area contributed by atoms with Crippen molar-refractivity contribution >= 4 is 17.3 Å². The molecule has 0 saturated carbocycles. The number of halogens is 18. The average Bonchev–Trinajstić information content (AvgIpc) is 2.64. The Bertz CT molecular complexity index is 834. The van der Waals surface area contributed by atoms with E-state index in [-0.39, 0.29) is 17.4 Å². The first-order valence-electron chi connectivity index (χ1n) is 7.92. The summed E-state index contributed by atoms with van der Waals surface area (Å²) in [5.74, 6) is -16.0. The fourth-order valence-corrected chi connectivity index (χ4v) is 0.864. The molecule has 0 unspecified atom stereocenters. The Morgan fingerprint density at radius 2 is 0.475 bits per heavy atom. The molecule has 3 N–H and O–H groups in total. The van der Waals surface area contributed by atoms with E-state index in [1.807, 2.05) is 0 Å². The maximum absolute atomic E-state index is 11.4. The van der Waals surface area contributed by atoms with Crippen LogP contribution in [0.3, 0.4) is 0 Å². The third-order valence-corrected chi connectivity index (χ3v) is 2.51. The van der Waals surface area contributed by atoms with Crippen molar-refractivity contribution in [1.82, 2.24) is 0 Å². The normalized spacial score (nSPS) is 14.1. The van der Waals surface area contributed by atoms with Gasteiger partial charge in [0.05, 0.1) is 0 Å². The van der Waals surface area contributed by atoms with Crippen molar-refractivity contribution in [3.63, 3.8) is 0 Å². The molecule has 0 rings (SSSR count). The summed E-state index contributed by atoms with van der Waals surface area (Å²) in [6.07, 6.45) is -35.0. The Labute approximate surface area is 217 Å². The van der Waals surface area contributed by atoms with Gasteiger partial charge in [-0.2, -0.15) is 79.0 Å². The predicted octanol–water partition coefficient (Wildman–Crippen LogP) is 6.36. The van der Waals surface area contributed by atoms with Crippen LogP contribution < -0.4 is 0 Å². The van der Waals surface area contributed by atoms with Crippen LogP contribution in [0.15, 0.2) is 35.5 Å². The molecule has 0 bridgehead atoms. The fraction of sp³-hybridized carbons (Fsp3) is 0.400. The number of ketones is 3. The molecule has 0 heterocycles. The van der Waals surface area contributed by atoms with Crippen LogP contribution in [0.1, 0.15) is 0 Å². The van der Waals surface area contributed by atoms with Crippen LogP contribution in [0, 0.1) is 0 Å². The average molecular weight is 676 g/mol. The maximum Gasteiger partial charge on any atom is 0.454 e. The van der Waals surface area contributed by atoms with E-state index in [0.717, 1.165) is 0 Å². The van der Waals surface area contributed by atoms with Gasteiger partial charge in [-0.1, -0.05) is 0 Å². The van der Waals surface area contributed by atoms with Gasteiger partial charge in [0.1, 0.15) is 0 Å². The molecule has 40 heavy (non-hydrogen) atoms. The molecule has 0 aromatic carbocycles. The first kappa shape index (κ1) is 43.9. The first-order valence-corrected chi connectivity index (χ1v) is 7.92. The van der Waals surface area contributed by atoms with E-state index in [4.69, 9.17) is 15.3 Å². The van der Waals surface area contributed by atoms with E-state index >= 15 is 0 Å². The number of rotatable bonds is 3. The third-order valence-electron chi connectivity index (χ3n) is 2.51. The van der Waals surface area contributed by atoms with E-state index in [1.165, 1.54) is 0 Å². The number of hydrogen-bond donors (Lipinski definition) is 3. The van der Waals surface area contributed by atoms with Gasteiger partial charge in [0.2, 0.25) is 17.3 Å². The van der Waals surface area contributed by atoms with Crippen LogP contribution in [-0.4, -0.2) is 69.7 Å². The van der Waals surface area contributed by atoms with Crippen molar-refractivity contribution in [2.24, 2.45) is 0 Å². The van der Waals surface area contributed by atoms with E-state index < -0.39 is 89.9 Å². The van der Waals surface area contributed by atoms with Crippen molar-refractivity contribution in [3.05, 3.63) is 35.5 Å². The van der Waals surface area contributed by atoms with Crippen LogP contribution in [-0.2, 0) is 31.7 Å². The Morgan fingerprint density at radius 3 is 0.550 bits per heavy atom. The molecule has 0 aliphatic heterocycles. The van der Waals surface area contributed by atoms with Gasteiger partial charge in [0.15, 0.2) is 0 Å². The van der Waals surface area contributed by atoms with Crippen molar-refractivity contribution in [2.45, 2.75) is 37.1 Å². The second-order valence-electron chi connectivity index (χ2n) is 5.67. The summed E-state index contributed by atoms with van der Waals surface area (Å²) in [5.41, 5.74) is 0. The third kappa shape index (κ3) is 19.9. The minimum atomic E-state index is -5.42. The standard InChI is InChI=1S/3C5H2F6O2.Cr/c3*6-4(7,8)2(12)1-3(13)5(9,10)11;/h3*1,12H;/b2*2-1+;2-1-;. The molecule has 0 aromatic heterocycles. The monoisotopic (exact) mass is 676 g/mol. The number of aliphatic hydroxyl groups is 3. The molecule has 0 spiro atoms. The summed E-state index contributed by atoms with van der Waals surface area (Å²) < 4.78 is 204. The zero-order valence-electron chi connectivity index (χ0n) is 17.5. The quantitative estimate of drug-likeness (QED) is 0.182. The number of allylic oxidation sites excluding steroid dienone is 6. The molecule has 0 aliphatic rings. The molecule has 0 aliphatic carbocycles. The van der Waals surface area contributed by atoms with Gasteiger partial charge >= 0.3 is 37.1 Å².